The van der Waals surface area contributed by atoms with Gasteiger partial charge in [-0.05, 0) is 24.6 Å². The Morgan fingerprint density at radius 1 is 1.46 bits per heavy atom. The summed E-state index contributed by atoms with van der Waals surface area (Å²) in [6, 6.07) is 4.25. The number of rotatable bonds is 1. The molecule has 4 heteroatoms. The summed E-state index contributed by atoms with van der Waals surface area (Å²) in [5, 5.41) is 0.724. The van der Waals surface area contributed by atoms with Crippen molar-refractivity contribution in [1.29, 1.82) is 0 Å². The summed E-state index contributed by atoms with van der Waals surface area (Å²) in [4.78, 5) is 7.25. The lowest BCUT2D eigenvalue weighted by atomic mass is 10.2. The predicted molar refractivity (Wildman–Crippen MR) is 52.4 cm³/mol. The Kier molecular flexibility index (Phi) is 1.88. The molecule has 0 atom stereocenters. The van der Waals surface area contributed by atoms with Crippen LogP contribution in [0.5, 0.6) is 6.01 Å². The van der Waals surface area contributed by atoms with Crippen molar-refractivity contribution in [2.24, 2.45) is 0 Å². The van der Waals surface area contributed by atoms with E-state index in [9.17, 15) is 0 Å². The van der Waals surface area contributed by atoms with Gasteiger partial charge < -0.3 is 9.72 Å². The van der Waals surface area contributed by atoms with Crippen molar-refractivity contribution in [2.45, 2.75) is 6.92 Å². The lowest BCUT2D eigenvalue weighted by Gasteiger charge is -1.95. The molecule has 3 nitrogen and oxygen atoms in total. The van der Waals surface area contributed by atoms with E-state index in [2.05, 4.69) is 9.97 Å². The fourth-order valence-electron chi connectivity index (χ4n) is 1.26. The Balaban J connectivity index is 2.76. The minimum absolute atomic E-state index is 0.514. The minimum atomic E-state index is 0.514. The monoisotopic (exact) mass is 196 g/mol. The number of aryl methyl sites for hydroxylation is 1. The molecular weight excluding hydrogens is 188 g/mol. The van der Waals surface area contributed by atoms with Gasteiger partial charge in [-0.15, -0.1) is 0 Å². The number of halogens is 1. The van der Waals surface area contributed by atoms with Crippen LogP contribution in [0.3, 0.4) is 0 Å². The quantitative estimate of drug-likeness (QED) is 0.761. The van der Waals surface area contributed by atoms with E-state index in [0.29, 0.717) is 6.01 Å². The SMILES string of the molecule is COc1nc2c(C)c(Cl)ccc2[nH]1. The molecule has 0 unspecified atom stereocenters. The predicted octanol–water partition coefficient (Wildman–Crippen LogP) is 2.53. The van der Waals surface area contributed by atoms with Crippen LogP contribution in [0.2, 0.25) is 5.02 Å². The van der Waals surface area contributed by atoms with E-state index in [1.165, 1.54) is 0 Å². The highest BCUT2D eigenvalue weighted by molar-refractivity contribution is 6.32. The minimum Gasteiger partial charge on any atom is -0.468 e. The molecule has 0 aliphatic heterocycles. The molecule has 0 fully saturated rings. The third kappa shape index (κ3) is 1.25. The number of nitrogens with zero attached hydrogens (tertiary/aromatic N) is 1. The van der Waals surface area contributed by atoms with Crippen LogP contribution in [0.1, 0.15) is 5.56 Å². The van der Waals surface area contributed by atoms with E-state index in [1.54, 1.807) is 7.11 Å². The van der Waals surface area contributed by atoms with Crippen molar-refractivity contribution in [1.82, 2.24) is 9.97 Å². The van der Waals surface area contributed by atoms with Gasteiger partial charge in [0.15, 0.2) is 0 Å². The van der Waals surface area contributed by atoms with Crippen LogP contribution in [0, 0.1) is 6.92 Å². The molecule has 68 valence electrons. The maximum absolute atomic E-state index is 5.95. The zero-order valence-corrected chi connectivity index (χ0v) is 8.14. The van der Waals surface area contributed by atoms with E-state index in [1.807, 2.05) is 19.1 Å². The highest BCUT2D eigenvalue weighted by Crippen LogP contribution is 2.25. The molecule has 0 saturated carbocycles. The number of nitrogens with one attached hydrogen (secondary N) is 1. The highest BCUT2D eigenvalue weighted by atomic mass is 35.5. The number of hydrogen-bond donors (Lipinski definition) is 1. The zero-order valence-electron chi connectivity index (χ0n) is 7.39. The second kappa shape index (κ2) is 2.92. The van der Waals surface area contributed by atoms with Gasteiger partial charge in [-0.1, -0.05) is 11.6 Å². The van der Waals surface area contributed by atoms with E-state index in [-0.39, 0.29) is 0 Å². The molecule has 2 aromatic rings. The molecular formula is C9H9ClN2O. The third-order valence-corrected chi connectivity index (χ3v) is 2.42. The molecule has 2 rings (SSSR count). The number of ether oxygens (including phenoxy) is 1. The molecule has 0 saturated heterocycles. The van der Waals surface area contributed by atoms with Crippen molar-refractivity contribution in [2.75, 3.05) is 7.11 Å². The van der Waals surface area contributed by atoms with Crippen molar-refractivity contribution >= 4 is 22.6 Å². The number of benzene rings is 1. The summed E-state index contributed by atoms with van der Waals surface area (Å²) in [6.45, 7) is 1.94. The summed E-state index contributed by atoms with van der Waals surface area (Å²) in [5.74, 6) is 0. The Labute approximate surface area is 80.7 Å². The first kappa shape index (κ1) is 8.38. The average Bonchev–Trinajstić information content (AvgIpc) is 2.55. The van der Waals surface area contributed by atoms with Crippen LogP contribution in [0.4, 0.5) is 0 Å². The zero-order chi connectivity index (χ0) is 9.42. The summed E-state index contributed by atoms with van der Waals surface area (Å²) in [7, 11) is 1.58. The normalized spacial score (nSPS) is 10.7. The highest BCUT2D eigenvalue weighted by Gasteiger charge is 2.06. The molecule has 1 heterocycles. The Morgan fingerprint density at radius 3 is 2.92 bits per heavy atom. The second-order valence-electron chi connectivity index (χ2n) is 2.81. The van der Waals surface area contributed by atoms with Crippen LogP contribution in [-0.4, -0.2) is 17.1 Å². The number of aromatic amines is 1. The van der Waals surface area contributed by atoms with Crippen molar-refractivity contribution in [3.8, 4) is 6.01 Å². The van der Waals surface area contributed by atoms with Gasteiger partial charge >= 0.3 is 0 Å². The van der Waals surface area contributed by atoms with Crippen molar-refractivity contribution < 1.29 is 4.74 Å². The topological polar surface area (TPSA) is 37.9 Å². The Hall–Kier alpha value is -1.22. The van der Waals surface area contributed by atoms with Crippen molar-refractivity contribution in [3.63, 3.8) is 0 Å². The largest absolute Gasteiger partial charge is 0.468 e. The molecule has 1 aromatic carbocycles. The summed E-state index contributed by atoms with van der Waals surface area (Å²) in [5.41, 5.74) is 2.78. The second-order valence-corrected chi connectivity index (χ2v) is 3.22. The van der Waals surface area contributed by atoms with Gasteiger partial charge in [-0.25, -0.2) is 0 Å². The third-order valence-electron chi connectivity index (χ3n) is 2.01. The number of aromatic nitrogens is 2. The average molecular weight is 197 g/mol. The molecule has 0 bridgehead atoms. The molecule has 13 heavy (non-hydrogen) atoms. The molecule has 1 aromatic heterocycles. The molecule has 0 aliphatic carbocycles. The maximum atomic E-state index is 5.95. The number of fused-ring (bicyclic) bond motifs is 1. The van der Waals surface area contributed by atoms with E-state index in [4.69, 9.17) is 16.3 Å². The van der Waals surface area contributed by atoms with Gasteiger partial charge in [0.1, 0.15) is 0 Å². The standard InChI is InChI=1S/C9H9ClN2O/c1-5-6(10)3-4-7-8(5)12-9(11-7)13-2/h3-4H,1-2H3,(H,11,12). The molecule has 1 N–H and O–H groups in total. The molecule has 0 spiro atoms. The van der Waals surface area contributed by atoms with Crippen LogP contribution < -0.4 is 4.74 Å². The first-order valence-corrected chi connectivity index (χ1v) is 4.29. The van der Waals surface area contributed by atoms with E-state index in [0.717, 1.165) is 21.6 Å². The summed E-state index contributed by atoms with van der Waals surface area (Å²) < 4.78 is 4.98. The summed E-state index contributed by atoms with van der Waals surface area (Å²) in [6.07, 6.45) is 0. The van der Waals surface area contributed by atoms with Gasteiger partial charge in [0.25, 0.3) is 6.01 Å². The fourth-order valence-corrected chi connectivity index (χ4v) is 1.41. The lowest BCUT2D eigenvalue weighted by molar-refractivity contribution is 0.386. The van der Waals surface area contributed by atoms with Crippen LogP contribution in [0.25, 0.3) is 11.0 Å². The number of methoxy groups -OCH3 is 1. The lowest BCUT2D eigenvalue weighted by Crippen LogP contribution is -1.82. The summed E-state index contributed by atoms with van der Waals surface area (Å²) >= 11 is 5.95. The smallest absolute Gasteiger partial charge is 0.294 e. The molecule has 0 aliphatic rings. The number of imidazole rings is 1. The first-order valence-electron chi connectivity index (χ1n) is 3.91. The Morgan fingerprint density at radius 2 is 2.23 bits per heavy atom. The van der Waals surface area contributed by atoms with Gasteiger partial charge in [-0.2, -0.15) is 4.98 Å². The van der Waals surface area contributed by atoms with E-state index >= 15 is 0 Å². The number of H-pyrrole nitrogens is 1. The first-order chi connectivity index (χ1) is 6.22. The van der Waals surface area contributed by atoms with Gasteiger partial charge in [-0.3, -0.25) is 0 Å². The maximum Gasteiger partial charge on any atom is 0.294 e. The van der Waals surface area contributed by atoms with Gasteiger partial charge in [0.05, 0.1) is 18.1 Å². The molecule has 0 amide bonds. The van der Waals surface area contributed by atoms with Crippen LogP contribution in [-0.2, 0) is 0 Å². The van der Waals surface area contributed by atoms with Crippen LogP contribution >= 0.6 is 11.6 Å². The fraction of sp³-hybridized carbons (Fsp3) is 0.222. The van der Waals surface area contributed by atoms with Crippen molar-refractivity contribution in [3.05, 3.63) is 22.7 Å². The van der Waals surface area contributed by atoms with Gasteiger partial charge in [0, 0.05) is 5.02 Å². The van der Waals surface area contributed by atoms with Crippen LogP contribution in [0.15, 0.2) is 12.1 Å². The van der Waals surface area contributed by atoms with Gasteiger partial charge in [0.2, 0.25) is 0 Å². The molecule has 0 radical (unpaired) electrons. The number of hydrogen-bond acceptors (Lipinski definition) is 2. The Bertz CT molecular complexity index is 450. The van der Waals surface area contributed by atoms with E-state index < -0.39 is 0 Å².